The van der Waals surface area contributed by atoms with Crippen LogP contribution in [-0.4, -0.2) is 9.38 Å². The van der Waals surface area contributed by atoms with Crippen LogP contribution in [0.3, 0.4) is 0 Å². The lowest BCUT2D eigenvalue weighted by Crippen LogP contribution is -1.90. The van der Waals surface area contributed by atoms with Gasteiger partial charge in [0.05, 0.1) is 5.69 Å². The number of rotatable bonds is 1. The lowest BCUT2D eigenvalue weighted by Gasteiger charge is -2.01. The van der Waals surface area contributed by atoms with E-state index in [1.807, 2.05) is 0 Å². The maximum atomic E-state index is 4.69. The summed E-state index contributed by atoms with van der Waals surface area (Å²) in [5, 5.41) is 2.11. The zero-order valence-corrected chi connectivity index (χ0v) is 8.47. The molecule has 0 saturated heterocycles. The van der Waals surface area contributed by atoms with Gasteiger partial charge in [-0.25, -0.2) is 4.98 Å². The molecule has 68 valence electrons. The Kier molecular flexibility index (Phi) is 1.50. The van der Waals surface area contributed by atoms with Crippen molar-refractivity contribution in [3.8, 4) is 0 Å². The fourth-order valence-electron chi connectivity index (χ4n) is 2.27. The van der Waals surface area contributed by atoms with Crippen LogP contribution in [0.15, 0.2) is 11.6 Å². The van der Waals surface area contributed by atoms with Gasteiger partial charge >= 0.3 is 0 Å². The second-order valence-corrected chi connectivity index (χ2v) is 4.52. The van der Waals surface area contributed by atoms with E-state index < -0.39 is 0 Å². The monoisotopic (exact) mass is 192 g/mol. The molecule has 2 nitrogen and oxygen atoms in total. The topological polar surface area (TPSA) is 17.3 Å². The number of aromatic nitrogens is 2. The minimum Gasteiger partial charge on any atom is -0.294 e. The molecule has 1 atom stereocenters. The Morgan fingerprint density at radius 1 is 1.69 bits per heavy atom. The van der Waals surface area contributed by atoms with Gasteiger partial charge in [-0.2, -0.15) is 0 Å². The smallest absolute Gasteiger partial charge is 0.194 e. The summed E-state index contributed by atoms with van der Waals surface area (Å²) in [7, 11) is 0. The van der Waals surface area contributed by atoms with E-state index in [1.165, 1.54) is 35.6 Å². The van der Waals surface area contributed by atoms with Crippen LogP contribution >= 0.6 is 11.3 Å². The molecule has 0 radical (unpaired) electrons. The van der Waals surface area contributed by atoms with Gasteiger partial charge in [-0.1, -0.05) is 6.92 Å². The normalized spacial score (nSPS) is 21.2. The molecule has 0 spiro atoms. The Labute approximate surface area is 81.2 Å². The van der Waals surface area contributed by atoms with Crippen molar-refractivity contribution in [1.29, 1.82) is 0 Å². The molecule has 1 aliphatic carbocycles. The highest BCUT2D eigenvalue weighted by Gasteiger charge is 2.26. The van der Waals surface area contributed by atoms with Gasteiger partial charge in [0.15, 0.2) is 4.96 Å². The van der Waals surface area contributed by atoms with Crippen LogP contribution in [0.25, 0.3) is 4.96 Å². The molecule has 13 heavy (non-hydrogen) atoms. The molecule has 0 N–H and O–H groups in total. The predicted molar refractivity (Wildman–Crippen MR) is 54.4 cm³/mol. The van der Waals surface area contributed by atoms with E-state index in [2.05, 4.69) is 27.9 Å². The van der Waals surface area contributed by atoms with E-state index in [1.54, 1.807) is 11.3 Å². The summed E-state index contributed by atoms with van der Waals surface area (Å²) < 4.78 is 2.26. The number of thiazole rings is 1. The van der Waals surface area contributed by atoms with Gasteiger partial charge in [-0.05, 0) is 19.3 Å². The lowest BCUT2D eigenvalue weighted by atomic mass is 10.1. The molecule has 0 aliphatic heterocycles. The average molecular weight is 192 g/mol. The van der Waals surface area contributed by atoms with Crippen molar-refractivity contribution in [2.24, 2.45) is 0 Å². The second kappa shape index (κ2) is 2.58. The summed E-state index contributed by atoms with van der Waals surface area (Å²) in [6.45, 7) is 2.26. The molecule has 2 heterocycles. The van der Waals surface area contributed by atoms with E-state index in [0.717, 1.165) is 5.92 Å². The van der Waals surface area contributed by atoms with Gasteiger partial charge in [-0.3, -0.25) is 4.40 Å². The standard InChI is InChI=1S/C10H12N2S/c1-2-7-3-4-8-9(7)11-10-12(8)5-6-13-10/h5-7H,2-4H2,1H3. The largest absolute Gasteiger partial charge is 0.294 e. The summed E-state index contributed by atoms with van der Waals surface area (Å²) in [4.78, 5) is 5.86. The molecule has 0 aromatic carbocycles. The van der Waals surface area contributed by atoms with Crippen LogP contribution < -0.4 is 0 Å². The van der Waals surface area contributed by atoms with Crippen molar-refractivity contribution in [2.45, 2.75) is 32.1 Å². The number of nitrogens with zero attached hydrogens (tertiary/aromatic N) is 2. The van der Waals surface area contributed by atoms with Crippen LogP contribution in [0.5, 0.6) is 0 Å². The van der Waals surface area contributed by atoms with Crippen LogP contribution in [0.2, 0.25) is 0 Å². The third kappa shape index (κ3) is 0.908. The number of hydrogen-bond acceptors (Lipinski definition) is 2. The SMILES string of the molecule is CCC1CCc2c1nc1sccn21. The van der Waals surface area contributed by atoms with Crippen LogP contribution in [-0.2, 0) is 6.42 Å². The van der Waals surface area contributed by atoms with Crippen molar-refractivity contribution < 1.29 is 0 Å². The molecule has 0 fully saturated rings. The first kappa shape index (κ1) is 7.56. The Morgan fingerprint density at radius 2 is 2.62 bits per heavy atom. The van der Waals surface area contributed by atoms with Gasteiger partial charge in [0.25, 0.3) is 0 Å². The first-order valence-corrected chi connectivity index (χ1v) is 5.72. The zero-order chi connectivity index (χ0) is 8.84. The van der Waals surface area contributed by atoms with Crippen molar-refractivity contribution >= 4 is 16.3 Å². The fraction of sp³-hybridized carbons (Fsp3) is 0.500. The third-order valence-electron chi connectivity index (χ3n) is 3.00. The Balaban J connectivity index is 2.25. The molecule has 3 heteroatoms. The predicted octanol–water partition coefficient (Wildman–Crippen LogP) is 2.84. The zero-order valence-electron chi connectivity index (χ0n) is 7.66. The lowest BCUT2D eigenvalue weighted by molar-refractivity contribution is 0.642. The molecule has 3 rings (SSSR count). The molecule has 0 bridgehead atoms. The third-order valence-corrected chi connectivity index (χ3v) is 3.76. The molecular formula is C10H12N2S. The van der Waals surface area contributed by atoms with Gasteiger partial charge in [0, 0.05) is 23.2 Å². The van der Waals surface area contributed by atoms with Gasteiger partial charge in [0.1, 0.15) is 0 Å². The van der Waals surface area contributed by atoms with Crippen LogP contribution in [0.4, 0.5) is 0 Å². The molecule has 1 aliphatic rings. The highest BCUT2D eigenvalue weighted by Crippen LogP contribution is 2.35. The van der Waals surface area contributed by atoms with E-state index in [4.69, 9.17) is 0 Å². The summed E-state index contributed by atoms with van der Waals surface area (Å²) in [5.41, 5.74) is 2.83. The van der Waals surface area contributed by atoms with Crippen LogP contribution in [0, 0.1) is 0 Å². The van der Waals surface area contributed by atoms with E-state index >= 15 is 0 Å². The molecule has 1 unspecified atom stereocenters. The number of aryl methyl sites for hydroxylation is 1. The van der Waals surface area contributed by atoms with Crippen LogP contribution in [0.1, 0.15) is 37.1 Å². The van der Waals surface area contributed by atoms with Crippen molar-refractivity contribution in [3.63, 3.8) is 0 Å². The minimum atomic E-state index is 0.724. The Hall–Kier alpha value is -0.830. The van der Waals surface area contributed by atoms with Gasteiger partial charge < -0.3 is 0 Å². The van der Waals surface area contributed by atoms with Crippen molar-refractivity contribution in [3.05, 3.63) is 23.0 Å². The van der Waals surface area contributed by atoms with Gasteiger partial charge in [0.2, 0.25) is 0 Å². The maximum Gasteiger partial charge on any atom is 0.194 e. The van der Waals surface area contributed by atoms with E-state index in [0.29, 0.717) is 0 Å². The second-order valence-electron chi connectivity index (χ2n) is 3.64. The number of fused-ring (bicyclic) bond motifs is 3. The molecule has 0 saturated carbocycles. The first-order valence-electron chi connectivity index (χ1n) is 4.84. The van der Waals surface area contributed by atoms with Crippen molar-refractivity contribution in [2.75, 3.05) is 0 Å². The number of hydrogen-bond donors (Lipinski definition) is 0. The highest BCUT2D eigenvalue weighted by molar-refractivity contribution is 7.15. The summed E-state index contributed by atoms with van der Waals surface area (Å²) >= 11 is 1.74. The summed E-state index contributed by atoms with van der Waals surface area (Å²) in [5.74, 6) is 0.724. The molecular weight excluding hydrogens is 180 g/mol. The van der Waals surface area contributed by atoms with Crippen molar-refractivity contribution in [1.82, 2.24) is 9.38 Å². The van der Waals surface area contributed by atoms with Gasteiger partial charge in [-0.15, -0.1) is 11.3 Å². The molecule has 2 aromatic heterocycles. The minimum absolute atomic E-state index is 0.724. The van der Waals surface area contributed by atoms with E-state index in [-0.39, 0.29) is 0 Å². The summed E-state index contributed by atoms with van der Waals surface area (Å²) in [6.07, 6.45) is 5.89. The Bertz CT molecular complexity index is 441. The maximum absolute atomic E-state index is 4.69. The van der Waals surface area contributed by atoms with E-state index in [9.17, 15) is 0 Å². The number of imidazole rings is 1. The quantitative estimate of drug-likeness (QED) is 0.679. The average Bonchev–Trinajstić information content (AvgIpc) is 2.72. The first-order chi connectivity index (χ1) is 6.40. The Morgan fingerprint density at radius 3 is 3.46 bits per heavy atom. The summed E-state index contributed by atoms with van der Waals surface area (Å²) in [6, 6.07) is 0. The molecule has 0 amide bonds. The fourth-order valence-corrected chi connectivity index (χ4v) is 3.01. The molecule has 2 aromatic rings. The highest BCUT2D eigenvalue weighted by atomic mass is 32.1.